The van der Waals surface area contributed by atoms with Gasteiger partial charge in [0.1, 0.15) is 5.75 Å². The van der Waals surface area contributed by atoms with Crippen molar-refractivity contribution in [3.8, 4) is 5.75 Å². The molecule has 2 amide bonds. The smallest absolute Gasteiger partial charge is 0.326 e. The number of carbonyl (C=O) groups excluding carboxylic acids is 1. The maximum atomic E-state index is 12.4. The molecule has 2 aromatic carbocycles. The molecule has 0 saturated carbocycles. The summed E-state index contributed by atoms with van der Waals surface area (Å²) in [4.78, 5) is 17.0. The second kappa shape index (κ2) is 9.05. The first kappa shape index (κ1) is 18.7. The molecule has 0 fully saturated rings. The molecule has 0 bridgehead atoms. The largest absolute Gasteiger partial charge is 0.497 e. The predicted octanol–water partition coefficient (Wildman–Crippen LogP) is 4.12. The van der Waals surface area contributed by atoms with Gasteiger partial charge in [0.15, 0.2) is 0 Å². The van der Waals surface area contributed by atoms with Gasteiger partial charge in [0.2, 0.25) is 5.95 Å². The number of ether oxygens (including phenoxy) is 2. The van der Waals surface area contributed by atoms with E-state index in [0.717, 1.165) is 23.2 Å². The number of methoxy groups -OCH3 is 1. The highest BCUT2D eigenvalue weighted by molar-refractivity contribution is 5.99. The second-order valence-electron chi connectivity index (χ2n) is 5.93. The minimum Gasteiger partial charge on any atom is -0.497 e. The number of carbonyl (C=O) groups is 1. The standard InChI is InChI=1S/C20H24N4O3/c1-3-27-14-6-13-24-18-8-5-4-7-17(18)22-19(24)23-20(25)21-15-9-11-16(26-2)12-10-15/h4-5,7-12H,3,6,13-14H2,1-2H3,(H2,21,22,23,25). The Hall–Kier alpha value is -3.06. The molecule has 1 aromatic heterocycles. The van der Waals surface area contributed by atoms with E-state index < -0.39 is 0 Å². The number of nitrogens with one attached hydrogen (secondary N) is 2. The summed E-state index contributed by atoms with van der Waals surface area (Å²) in [5.41, 5.74) is 2.50. The van der Waals surface area contributed by atoms with E-state index in [2.05, 4.69) is 15.6 Å². The molecule has 0 unspecified atom stereocenters. The van der Waals surface area contributed by atoms with Crippen LogP contribution in [0, 0.1) is 0 Å². The minimum atomic E-state index is -0.346. The van der Waals surface area contributed by atoms with Gasteiger partial charge in [-0.25, -0.2) is 9.78 Å². The molecule has 0 spiro atoms. The number of imidazole rings is 1. The molecule has 0 aliphatic carbocycles. The van der Waals surface area contributed by atoms with E-state index in [1.54, 1.807) is 31.4 Å². The first-order chi connectivity index (χ1) is 13.2. The van der Waals surface area contributed by atoms with Gasteiger partial charge in [-0.2, -0.15) is 0 Å². The van der Waals surface area contributed by atoms with Crippen molar-refractivity contribution in [2.45, 2.75) is 19.9 Å². The molecule has 0 saturated heterocycles. The van der Waals surface area contributed by atoms with Gasteiger partial charge in [-0.15, -0.1) is 0 Å². The molecule has 0 aliphatic heterocycles. The molecule has 2 N–H and O–H groups in total. The van der Waals surface area contributed by atoms with Crippen LogP contribution in [0.2, 0.25) is 0 Å². The molecule has 27 heavy (non-hydrogen) atoms. The lowest BCUT2D eigenvalue weighted by Gasteiger charge is -2.11. The van der Waals surface area contributed by atoms with Crippen molar-refractivity contribution in [2.75, 3.05) is 31.0 Å². The van der Waals surface area contributed by atoms with Gasteiger partial charge in [0.05, 0.1) is 18.1 Å². The van der Waals surface area contributed by atoms with Crippen LogP contribution in [0.5, 0.6) is 5.75 Å². The lowest BCUT2D eigenvalue weighted by Crippen LogP contribution is -2.22. The van der Waals surface area contributed by atoms with Crippen molar-refractivity contribution in [1.82, 2.24) is 9.55 Å². The maximum absolute atomic E-state index is 12.4. The van der Waals surface area contributed by atoms with E-state index in [9.17, 15) is 4.79 Å². The highest BCUT2D eigenvalue weighted by Gasteiger charge is 2.13. The molecule has 0 atom stereocenters. The zero-order valence-electron chi connectivity index (χ0n) is 15.6. The van der Waals surface area contributed by atoms with Crippen LogP contribution in [0.3, 0.4) is 0 Å². The molecule has 0 aliphatic rings. The van der Waals surface area contributed by atoms with Crippen LogP contribution in [-0.4, -0.2) is 35.9 Å². The topological polar surface area (TPSA) is 77.4 Å². The van der Waals surface area contributed by atoms with Crippen LogP contribution in [-0.2, 0) is 11.3 Å². The Morgan fingerprint density at radius 1 is 1.11 bits per heavy atom. The summed E-state index contributed by atoms with van der Waals surface area (Å²) in [6.07, 6.45) is 0.836. The van der Waals surface area contributed by atoms with E-state index in [1.807, 2.05) is 35.8 Å². The summed E-state index contributed by atoms with van der Waals surface area (Å²) < 4.78 is 12.5. The van der Waals surface area contributed by atoms with Gasteiger partial charge >= 0.3 is 6.03 Å². The molecular formula is C20H24N4O3. The maximum Gasteiger partial charge on any atom is 0.326 e. The molecule has 142 valence electrons. The number of hydrogen-bond acceptors (Lipinski definition) is 4. The number of fused-ring (bicyclic) bond motifs is 1. The monoisotopic (exact) mass is 368 g/mol. The number of benzene rings is 2. The third-order valence-electron chi connectivity index (χ3n) is 4.10. The zero-order chi connectivity index (χ0) is 19.1. The number of para-hydroxylation sites is 2. The highest BCUT2D eigenvalue weighted by atomic mass is 16.5. The van der Waals surface area contributed by atoms with Crippen molar-refractivity contribution in [3.63, 3.8) is 0 Å². The highest BCUT2D eigenvalue weighted by Crippen LogP contribution is 2.21. The number of aryl methyl sites for hydroxylation is 1. The first-order valence-electron chi connectivity index (χ1n) is 8.96. The molecule has 3 rings (SSSR count). The number of anilines is 2. The summed E-state index contributed by atoms with van der Waals surface area (Å²) in [6, 6.07) is 14.6. The van der Waals surface area contributed by atoms with Crippen LogP contribution in [0.15, 0.2) is 48.5 Å². The molecule has 0 radical (unpaired) electrons. The average Bonchev–Trinajstić information content (AvgIpc) is 3.03. The van der Waals surface area contributed by atoms with Crippen molar-refractivity contribution in [1.29, 1.82) is 0 Å². The number of urea groups is 1. The Kier molecular flexibility index (Phi) is 6.27. The third kappa shape index (κ3) is 4.77. The number of rotatable bonds is 8. The van der Waals surface area contributed by atoms with E-state index in [1.165, 1.54) is 0 Å². The van der Waals surface area contributed by atoms with Crippen molar-refractivity contribution >= 4 is 28.7 Å². The molecule has 7 nitrogen and oxygen atoms in total. The van der Waals surface area contributed by atoms with E-state index in [-0.39, 0.29) is 6.03 Å². The Balaban J connectivity index is 1.73. The van der Waals surface area contributed by atoms with Crippen LogP contribution >= 0.6 is 0 Å². The van der Waals surface area contributed by atoms with E-state index >= 15 is 0 Å². The Morgan fingerprint density at radius 3 is 2.63 bits per heavy atom. The van der Waals surface area contributed by atoms with E-state index in [0.29, 0.717) is 31.4 Å². The van der Waals surface area contributed by atoms with Crippen molar-refractivity contribution < 1.29 is 14.3 Å². The molecule has 7 heteroatoms. The third-order valence-corrected chi connectivity index (χ3v) is 4.10. The van der Waals surface area contributed by atoms with Crippen molar-refractivity contribution in [3.05, 3.63) is 48.5 Å². The lowest BCUT2D eigenvalue weighted by atomic mass is 10.3. The number of hydrogen-bond donors (Lipinski definition) is 2. The quantitative estimate of drug-likeness (QED) is 0.587. The van der Waals surface area contributed by atoms with Crippen LogP contribution in [0.1, 0.15) is 13.3 Å². The fourth-order valence-corrected chi connectivity index (χ4v) is 2.80. The SMILES string of the molecule is CCOCCCn1c(NC(=O)Nc2ccc(OC)cc2)nc2ccccc21. The Bertz CT molecular complexity index is 890. The fraction of sp³-hybridized carbons (Fsp3) is 0.300. The normalized spacial score (nSPS) is 10.7. The van der Waals surface area contributed by atoms with Gasteiger partial charge < -0.3 is 19.4 Å². The van der Waals surface area contributed by atoms with Gasteiger partial charge in [-0.3, -0.25) is 5.32 Å². The Morgan fingerprint density at radius 2 is 1.89 bits per heavy atom. The van der Waals surface area contributed by atoms with Crippen LogP contribution in [0.4, 0.5) is 16.4 Å². The van der Waals surface area contributed by atoms with Crippen LogP contribution in [0.25, 0.3) is 11.0 Å². The number of aromatic nitrogens is 2. The summed E-state index contributed by atoms with van der Waals surface area (Å²) in [5, 5.41) is 5.65. The fourth-order valence-electron chi connectivity index (χ4n) is 2.80. The number of amides is 2. The van der Waals surface area contributed by atoms with Gasteiger partial charge in [0, 0.05) is 25.4 Å². The molecule has 1 heterocycles. The van der Waals surface area contributed by atoms with Gasteiger partial charge in [-0.1, -0.05) is 12.1 Å². The van der Waals surface area contributed by atoms with Gasteiger partial charge in [0.25, 0.3) is 0 Å². The molecule has 3 aromatic rings. The van der Waals surface area contributed by atoms with Crippen LogP contribution < -0.4 is 15.4 Å². The predicted molar refractivity (Wildman–Crippen MR) is 106 cm³/mol. The summed E-state index contributed by atoms with van der Waals surface area (Å²) in [5.74, 6) is 1.25. The summed E-state index contributed by atoms with van der Waals surface area (Å²) >= 11 is 0. The summed E-state index contributed by atoms with van der Waals surface area (Å²) in [6.45, 7) is 4.04. The average molecular weight is 368 g/mol. The zero-order valence-corrected chi connectivity index (χ0v) is 15.6. The lowest BCUT2D eigenvalue weighted by molar-refractivity contribution is 0.142. The van der Waals surface area contributed by atoms with E-state index in [4.69, 9.17) is 9.47 Å². The Labute approximate surface area is 158 Å². The molecular weight excluding hydrogens is 344 g/mol. The van der Waals surface area contributed by atoms with Crippen molar-refractivity contribution in [2.24, 2.45) is 0 Å². The first-order valence-corrected chi connectivity index (χ1v) is 8.96. The minimum absolute atomic E-state index is 0.346. The second-order valence-corrected chi connectivity index (χ2v) is 5.93. The summed E-state index contributed by atoms with van der Waals surface area (Å²) in [7, 11) is 1.60. The number of nitrogens with zero attached hydrogens (tertiary/aromatic N) is 2. The van der Waals surface area contributed by atoms with Gasteiger partial charge in [-0.05, 0) is 49.7 Å².